The van der Waals surface area contributed by atoms with Crippen molar-refractivity contribution in [2.45, 2.75) is 70.8 Å². The summed E-state index contributed by atoms with van der Waals surface area (Å²) in [5.41, 5.74) is 3.07. The van der Waals surface area contributed by atoms with Crippen LogP contribution < -0.4 is 11.3 Å². The van der Waals surface area contributed by atoms with Crippen molar-refractivity contribution in [3.63, 3.8) is 0 Å². The van der Waals surface area contributed by atoms with Crippen LogP contribution in [0.2, 0.25) is 0 Å². The molecule has 0 radical (unpaired) electrons. The van der Waals surface area contributed by atoms with E-state index in [9.17, 15) is 0 Å². The lowest BCUT2D eigenvalue weighted by molar-refractivity contribution is 0.107. The van der Waals surface area contributed by atoms with Crippen LogP contribution in [-0.2, 0) is 0 Å². The van der Waals surface area contributed by atoms with Gasteiger partial charge in [0.15, 0.2) is 0 Å². The molecule has 0 aromatic heterocycles. The third-order valence-electron chi connectivity index (χ3n) is 4.96. The van der Waals surface area contributed by atoms with Gasteiger partial charge >= 0.3 is 0 Å². The lowest BCUT2D eigenvalue weighted by Crippen LogP contribution is -2.44. The summed E-state index contributed by atoms with van der Waals surface area (Å²) in [6.07, 6.45) is 12.8. The largest absolute Gasteiger partial charge is 0.271 e. The zero-order chi connectivity index (χ0) is 11.4. The fourth-order valence-electron chi connectivity index (χ4n) is 4.04. The highest BCUT2D eigenvalue weighted by Crippen LogP contribution is 2.43. The van der Waals surface area contributed by atoms with Gasteiger partial charge in [-0.2, -0.15) is 0 Å². The van der Waals surface area contributed by atoms with Gasteiger partial charge in [0.2, 0.25) is 0 Å². The molecule has 4 unspecified atom stereocenters. The summed E-state index contributed by atoms with van der Waals surface area (Å²) >= 11 is 0. The quantitative estimate of drug-likeness (QED) is 0.568. The molecule has 0 saturated heterocycles. The van der Waals surface area contributed by atoms with E-state index in [1.165, 1.54) is 57.8 Å². The van der Waals surface area contributed by atoms with E-state index in [2.05, 4.69) is 12.3 Å². The molecule has 2 rings (SSSR count). The molecule has 0 aliphatic heterocycles. The summed E-state index contributed by atoms with van der Waals surface area (Å²) in [5, 5.41) is 0. The van der Waals surface area contributed by atoms with Crippen LogP contribution in [0.4, 0.5) is 0 Å². The van der Waals surface area contributed by atoms with Crippen molar-refractivity contribution in [2.24, 2.45) is 23.6 Å². The molecule has 3 N–H and O–H groups in total. The van der Waals surface area contributed by atoms with E-state index in [1.807, 2.05) is 0 Å². The molecule has 2 aliphatic rings. The Balaban J connectivity index is 1.88. The third-order valence-corrected chi connectivity index (χ3v) is 4.96. The molecule has 0 aromatic rings. The molecule has 0 amide bonds. The van der Waals surface area contributed by atoms with Crippen LogP contribution in [0.3, 0.4) is 0 Å². The molecule has 2 heteroatoms. The smallest absolute Gasteiger partial charge is 0.0238 e. The van der Waals surface area contributed by atoms with Crippen molar-refractivity contribution in [1.29, 1.82) is 0 Å². The number of hydrogen-bond donors (Lipinski definition) is 2. The van der Waals surface area contributed by atoms with Crippen molar-refractivity contribution in [2.75, 3.05) is 0 Å². The first kappa shape index (κ1) is 12.4. The molecule has 0 spiro atoms. The molecule has 0 aromatic carbocycles. The normalized spacial score (nSPS) is 36.8. The van der Waals surface area contributed by atoms with Crippen LogP contribution in [-0.4, -0.2) is 6.04 Å². The second-order valence-electron chi connectivity index (χ2n) is 5.94. The third kappa shape index (κ3) is 2.78. The van der Waals surface area contributed by atoms with Crippen molar-refractivity contribution in [1.82, 2.24) is 5.43 Å². The fraction of sp³-hybridized carbons (Fsp3) is 1.00. The second kappa shape index (κ2) is 6.02. The lowest BCUT2D eigenvalue weighted by atomic mass is 9.66. The van der Waals surface area contributed by atoms with Crippen molar-refractivity contribution in [3.05, 3.63) is 0 Å². The molecular formula is C14H28N2. The van der Waals surface area contributed by atoms with Crippen LogP contribution in [0.1, 0.15) is 64.7 Å². The van der Waals surface area contributed by atoms with Gasteiger partial charge in [-0.3, -0.25) is 11.3 Å². The minimum atomic E-state index is 0.577. The zero-order valence-corrected chi connectivity index (χ0v) is 10.8. The van der Waals surface area contributed by atoms with Gasteiger partial charge in [-0.15, -0.1) is 0 Å². The molecule has 2 fully saturated rings. The van der Waals surface area contributed by atoms with Crippen LogP contribution in [0, 0.1) is 17.8 Å². The van der Waals surface area contributed by atoms with Crippen LogP contribution in [0.25, 0.3) is 0 Å². The molecule has 2 aliphatic carbocycles. The molecule has 0 bridgehead atoms. The van der Waals surface area contributed by atoms with Gasteiger partial charge in [0.25, 0.3) is 0 Å². The highest BCUT2D eigenvalue weighted by atomic mass is 15.2. The highest BCUT2D eigenvalue weighted by molar-refractivity contribution is 4.87. The SMILES string of the molecule is CCCC(NN)C1CCC2CCCCC2C1. The van der Waals surface area contributed by atoms with Gasteiger partial charge in [-0.1, -0.05) is 39.0 Å². The van der Waals surface area contributed by atoms with Gasteiger partial charge in [0, 0.05) is 6.04 Å². The average molecular weight is 224 g/mol. The predicted octanol–water partition coefficient (Wildman–Crippen LogP) is 3.22. The minimum Gasteiger partial charge on any atom is -0.271 e. The first-order valence-electron chi connectivity index (χ1n) is 7.31. The van der Waals surface area contributed by atoms with E-state index in [0.29, 0.717) is 6.04 Å². The molecular weight excluding hydrogens is 196 g/mol. The zero-order valence-electron chi connectivity index (χ0n) is 10.8. The van der Waals surface area contributed by atoms with Crippen molar-refractivity contribution >= 4 is 0 Å². The average Bonchev–Trinajstić information content (AvgIpc) is 2.35. The van der Waals surface area contributed by atoms with E-state index >= 15 is 0 Å². The number of rotatable bonds is 4. The predicted molar refractivity (Wildman–Crippen MR) is 68.8 cm³/mol. The number of fused-ring (bicyclic) bond motifs is 1. The summed E-state index contributed by atoms with van der Waals surface area (Å²) in [5.74, 6) is 8.65. The Hall–Kier alpha value is -0.0800. The van der Waals surface area contributed by atoms with Gasteiger partial charge in [-0.25, -0.2) is 0 Å². The molecule has 16 heavy (non-hydrogen) atoms. The monoisotopic (exact) mass is 224 g/mol. The van der Waals surface area contributed by atoms with Gasteiger partial charge < -0.3 is 0 Å². The Morgan fingerprint density at radius 3 is 2.56 bits per heavy atom. The van der Waals surface area contributed by atoms with E-state index < -0.39 is 0 Å². The minimum absolute atomic E-state index is 0.577. The van der Waals surface area contributed by atoms with Gasteiger partial charge in [0.05, 0.1) is 0 Å². The van der Waals surface area contributed by atoms with E-state index in [4.69, 9.17) is 5.84 Å². The molecule has 2 saturated carbocycles. The van der Waals surface area contributed by atoms with Crippen molar-refractivity contribution < 1.29 is 0 Å². The Bertz CT molecular complexity index is 205. The summed E-state index contributed by atoms with van der Waals surface area (Å²) in [7, 11) is 0. The van der Waals surface area contributed by atoms with Crippen LogP contribution >= 0.6 is 0 Å². The topological polar surface area (TPSA) is 38.0 Å². The number of nitrogens with one attached hydrogen (secondary N) is 1. The first-order valence-corrected chi connectivity index (χ1v) is 7.31. The van der Waals surface area contributed by atoms with Gasteiger partial charge in [-0.05, 0) is 43.4 Å². The highest BCUT2D eigenvalue weighted by Gasteiger charge is 2.34. The Morgan fingerprint density at radius 1 is 1.12 bits per heavy atom. The number of hydrogen-bond acceptors (Lipinski definition) is 2. The summed E-state index contributed by atoms with van der Waals surface area (Å²) in [4.78, 5) is 0. The summed E-state index contributed by atoms with van der Waals surface area (Å²) in [6, 6.07) is 0.577. The van der Waals surface area contributed by atoms with E-state index in [-0.39, 0.29) is 0 Å². The van der Waals surface area contributed by atoms with Crippen molar-refractivity contribution in [3.8, 4) is 0 Å². The maximum absolute atomic E-state index is 5.71. The fourth-order valence-corrected chi connectivity index (χ4v) is 4.04. The van der Waals surface area contributed by atoms with Crippen LogP contribution in [0.5, 0.6) is 0 Å². The van der Waals surface area contributed by atoms with E-state index in [0.717, 1.165) is 17.8 Å². The van der Waals surface area contributed by atoms with Crippen LogP contribution in [0.15, 0.2) is 0 Å². The van der Waals surface area contributed by atoms with E-state index in [1.54, 1.807) is 0 Å². The summed E-state index contributed by atoms with van der Waals surface area (Å²) < 4.78 is 0. The number of nitrogens with two attached hydrogens (primary N) is 1. The maximum Gasteiger partial charge on any atom is 0.0238 e. The standard InChI is InChI=1S/C14H28N2/c1-2-5-14(16-15)13-9-8-11-6-3-4-7-12(11)10-13/h11-14,16H,2-10,15H2,1H3. The maximum atomic E-state index is 5.71. The number of hydrazine groups is 1. The molecule has 2 nitrogen and oxygen atoms in total. The lowest BCUT2D eigenvalue weighted by Gasteiger charge is -2.41. The summed E-state index contributed by atoms with van der Waals surface area (Å²) in [6.45, 7) is 2.26. The van der Waals surface area contributed by atoms with Gasteiger partial charge in [0.1, 0.15) is 0 Å². The Kier molecular flexibility index (Phi) is 4.66. The molecule has 94 valence electrons. The second-order valence-corrected chi connectivity index (χ2v) is 5.94. The molecule has 4 atom stereocenters. The first-order chi connectivity index (χ1) is 7.85. The Morgan fingerprint density at radius 2 is 1.88 bits per heavy atom. The Labute approximate surface area is 100 Å². The molecule has 0 heterocycles.